The number of fused-ring (bicyclic) bond motifs is 1. The molecule has 2 aliphatic carbocycles. The topological polar surface area (TPSA) is 83.7 Å². The molecule has 0 saturated heterocycles. The highest BCUT2D eigenvalue weighted by molar-refractivity contribution is 5.79. The highest BCUT2D eigenvalue weighted by Gasteiger charge is 2.47. The van der Waals surface area contributed by atoms with E-state index in [9.17, 15) is 0 Å². The van der Waals surface area contributed by atoms with Gasteiger partial charge in [-0.15, -0.1) is 0 Å². The number of hydrogen-bond donors (Lipinski definition) is 1. The number of H-pyrrole nitrogens is 1. The highest BCUT2D eigenvalue weighted by atomic mass is 16.5. The largest absolute Gasteiger partial charge is 0.339 e. The van der Waals surface area contributed by atoms with Gasteiger partial charge in [-0.3, -0.25) is 0 Å². The van der Waals surface area contributed by atoms with Gasteiger partial charge in [0.2, 0.25) is 11.7 Å². The van der Waals surface area contributed by atoms with E-state index in [0.717, 1.165) is 41.4 Å². The Morgan fingerprint density at radius 3 is 2.65 bits per heavy atom. The van der Waals surface area contributed by atoms with Crippen LogP contribution in [-0.4, -0.2) is 50.6 Å². The van der Waals surface area contributed by atoms with Crippen molar-refractivity contribution >= 4 is 11.0 Å². The highest BCUT2D eigenvalue weighted by Crippen LogP contribution is 2.55. The summed E-state index contributed by atoms with van der Waals surface area (Å²) in [5.41, 5.74) is 3.15. The van der Waals surface area contributed by atoms with Crippen LogP contribution in [-0.2, 0) is 0 Å². The van der Waals surface area contributed by atoms with Crippen LogP contribution in [0, 0.1) is 5.41 Å². The quantitative estimate of drug-likeness (QED) is 0.778. The molecule has 1 N–H and O–H groups in total. The molecule has 0 unspecified atom stereocenters. The van der Waals surface area contributed by atoms with E-state index < -0.39 is 0 Å². The molecule has 0 bridgehead atoms. The van der Waals surface area contributed by atoms with E-state index in [-0.39, 0.29) is 0 Å². The van der Waals surface area contributed by atoms with Crippen molar-refractivity contribution in [3.05, 3.63) is 24.1 Å². The third-order valence-corrected chi connectivity index (χ3v) is 6.48. The van der Waals surface area contributed by atoms with Crippen molar-refractivity contribution in [3.63, 3.8) is 0 Å². The molecular weight excluding hydrogens is 328 g/mol. The first kappa shape index (κ1) is 15.9. The maximum Gasteiger partial charge on any atom is 0.230 e. The van der Waals surface area contributed by atoms with E-state index in [4.69, 9.17) is 4.52 Å². The van der Waals surface area contributed by atoms with Gasteiger partial charge in [0, 0.05) is 17.5 Å². The van der Waals surface area contributed by atoms with E-state index in [1.165, 1.54) is 25.7 Å². The van der Waals surface area contributed by atoms with E-state index >= 15 is 0 Å². The molecule has 26 heavy (non-hydrogen) atoms. The third-order valence-electron chi connectivity index (χ3n) is 6.48. The Morgan fingerprint density at radius 2 is 1.88 bits per heavy atom. The summed E-state index contributed by atoms with van der Waals surface area (Å²) in [6.45, 7) is 0. The van der Waals surface area contributed by atoms with Crippen molar-refractivity contribution in [1.82, 2.24) is 30.5 Å². The number of benzene rings is 1. The smallest absolute Gasteiger partial charge is 0.230 e. The van der Waals surface area contributed by atoms with Crippen molar-refractivity contribution in [2.45, 2.75) is 50.5 Å². The SMILES string of the molecule is CN(C)C1CC2(CCC(c3nc(-c4ccc5n[nH]nc5c4)no3)CC2)C1. The molecule has 1 aromatic carbocycles. The molecule has 7 nitrogen and oxygen atoms in total. The van der Waals surface area contributed by atoms with Crippen LogP contribution in [0.4, 0.5) is 0 Å². The molecule has 2 fully saturated rings. The Labute approximate surface area is 152 Å². The molecule has 2 saturated carbocycles. The van der Waals surface area contributed by atoms with Gasteiger partial charge in [-0.1, -0.05) is 5.16 Å². The van der Waals surface area contributed by atoms with Crippen molar-refractivity contribution in [2.24, 2.45) is 5.41 Å². The van der Waals surface area contributed by atoms with Gasteiger partial charge >= 0.3 is 0 Å². The van der Waals surface area contributed by atoms with Crippen molar-refractivity contribution in [3.8, 4) is 11.4 Å². The number of aromatic nitrogens is 5. The first-order chi connectivity index (χ1) is 12.6. The van der Waals surface area contributed by atoms with Gasteiger partial charge in [0.05, 0.1) is 0 Å². The molecule has 0 radical (unpaired) electrons. The summed E-state index contributed by atoms with van der Waals surface area (Å²) in [5, 5.41) is 15.0. The Hall–Kier alpha value is -2.28. The minimum atomic E-state index is 0.399. The van der Waals surface area contributed by atoms with E-state index in [2.05, 4.69) is 44.5 Å². The lowest BCUT2D eigenvalue weighted by Gasteiger charge is -2.53. The summed E-state index contributed by atoms with van der Waals surface area (Å²) < 4.78 is 5.62. The Balaban J connectivity index is 1.28. The van der Waals surface area contributed by atoms with Crippen molar-refractivity contribution in [1.29, 1.82) is 0 Å². The predicted molar refractivity (Wildman–Crippen MR) is 97.5 cm³/mol. The monoisotopic (exact) mass is 352 g/mol. The molecule has 2 heterocycles. The fraction of sp³-hybridized carbons (Fsp3) is 0.579. The minimum absolute atomic E-state index is 0.399. The number of aromatic amines is 1. The summed E-state index contributed by atoms with van der Waals surface area (Å²) in [5.74, 6) is 1.83. The van der Waals surface area contributed by atoms with Crippen LogP contribution in [0.3, 0.4) is 0 Å². The van der Waals surface area contributed by atoms with Gasteiger partial charge in [-0.2, -0.15) is 20.4 Å². The molecule has 2 aromatic heterocycles. The van der Waals surface area contributed by atoms with Crippen LogP contribution in [0.1, 0.15) is 50.3 Å². The fourth-order valence-corrected chi connectivity index (χ4v) is 4.69. The molecule has 1 spiro atoms. The number of hydrogen-bond acceptors (Lipinski definition) is 6. The van der Waals surface area contributed by atoms with Gasteiger partial charge in [0.1, 0.15) is 11.0 Å². The molecular formula is C19H24N6O. The standard InChI is InChI=1S/C19H24N6O/c1-25(2)14-10-19(11-14)7-5-12(6-8-19)18-20-17(23-26-18)13-3-4-15-16(9-13)22-24-21-15/h3-4,9,12,14H,5-8,10-11H2,1-2H3,(H,21,22,24). The lowest BCUT2D eigenvalue weighted by Crippen LogP contribution is -2.49. The van der Waals surface area contributed by atoms with Crippen LogP contribution in [0.5, 0.6) is 0 Å². The summed E-state index contributed by atoms with van der Waals surface area (Å²) >= 11 is 0. The van der Waals surface area contributed by atoms with E-state index in [0.29, 0.717) is 17.2 Å². The van der Waals surface area contributed by atoms with Crippen LogP contribution < -0.4 is 0 Å². The zero-order valence-corrected chi connectivity index (χ0v) is 15.3. The van der Waals surface area contributed by atoms with E-state index in [1.54, 1.807) is 0 Å². The molecule has 5 rings (SSSR count). The summed E-state index contributed by atoms with van der Waals surface area (Å²) in [7, 11) is 4.39. The average molecular weight is 352 g/mol. The predicted octanol–water partition coefficient (Wildman–Crippen LogP) is 3.38. The van der Waals surface area contributed by atoms with Crippen LogP contribution in [0.2, 0.25) is 0 Å². The molecule has 3 aromatic rings. The van der Waals surface area contributed by atoms with E-state index in [1.807, 2.05) is 18.2 Å². The number of nitrogens with zero attached hydrogens (tertiary/aromatic N) is 5. The summed E-state index contributed by atoms with van der Waals surface area (Å²) in [6.07, 6.45) is 7.57. The van der Waals surface area contributed by atoms with Crippen LogP contribution in [0.15, 0.2) is 22.7 Å². The lowest BCUT2D eigenvalue weighted by atomic mass is 9.56. The zero-order chi connectivity index (χ0) is 17.7. The lowest BCUT2D eigenvalue weighted by molar-refractivity contribution is -0.0119. The Kier molecular flexibility index (Phi) is 3.60. The summed E-state index contributed by atoms with van der Waals surface area (Å²) in [4.78, 5) is 7.05. The number of rotatable bonds is 3. The van der Waals surface area contributed by atoms with Gasteiger partial charge in [-0.05, 0) is 76.2 Å². The molecule has 0 amide bonds. The van der Waals surface area contributed by atoms with Gasteiger partial charge in [0.15, 0.2) is 0 Å². The molecule has 0 atom stereocenters. The van der Waals surface area contributed by atoms with Gasteiger partial charge in [-0.25, -0.2) is 0 Å². The maximum absolute atomic E-state index is 5.62. The molecule has 7 heteroatoms. The van der Waals surface area contributed by atoms with Gasteiger partial charge in [0.25, 0.3) is 0 Å². The van der Waals surface area contributed by atoms with Crippen LogP contribution >= 0.6 is 0 Å². The molecule has 0 aliphatic heterocycles. The Morgan fingerprint density at radius 1 is 1.12 bits per heavy atom. The normalized spacial score (nSPS) is 28.7. The van der Waals surface area contributed by atoms with Crippen LogP contribution in [0.25, 0.3) is 22.4 Å². The maximum atomic E-state index is 5.62. The van der Waals surface area contributed by atoms with Gasteiger partial charge < -0.3 is 9.42 Å². The second-order valence-electron chi connectivity index (χ2n) is 8.28. The Bertz CT molecular complexity index is 913. The molecule has 136 valence electrons. The average Bonchev–Trinajstić information content (AvgIpc) is 3.28. The zero-order valence-electron chi connectivity index (χ0n) is 15.3. The van der Waals surface area contributed by atoms with Crippen molar-refractivity contribution < 1.29 is 4.52 Å². The second-order valence-corrected chi connectivity index (χ2v) is 8.28. The third kappa shape index (κ3) is 2.61. The first-order valence-electron chi connectivity index (χ1n) is 9.43. The number of nitrogens with one attached hydrogen (secondary N) is 1. The summed E-state index contributed by atoms with van der Waals surface area (Å²) in [6, 6.07) is 6.60. The second kappa shape index (κ2) is 5.87. The minimum Gasteiger partial charge on any atom is -0.339 e. The van der Waals surface area contributed by atoms with Crippen molar-refractivity contribution in [2.75, 3.05) is 14.1 Å². The fourth-order valence-electron chi connectivity index (χ4n) is 4.69. The molecule has 2 aliphatic rings. The first-order valence-corrected chi connectivity index (χ1v) is 9.43.